The highest BCUT2D eigenvalue weighted by Crippen LogP contribution is 2.40. The van der Waals surface area contributed by atoms with Gasteiger partial charge in [-0.1, -0.05) is 5.16 Å². The Kier molecular flexibility index (Phi) is 3.57. The molecule has 0 amide bonds. The van der Waals surface area contributed by atoms with Gasteiger partial charge in [-0.2, -0.15) is 4.98 Å². The fourth-order valence-corrected chi connectivity index (χ4v) is 3.32. The fourth-order valence-electron chi connectivity index (χ4n) is 2.57. The van der Waals surface area contributed by atoms with E-state index >= 15 is 0 Å². The van der Waals surface area contributed by atoms with Crippen LogP contribution < -0.4 is 5.73 Å². The number of ether oxygens (including phenoxy) is 1. The van der Waals surface area contributed by atoms with Crippen molar-refractivity contribution in [3.63, 3.8) is 0 Å². The van der Waals surface area contributed by atoms with Gasteiger partial charge in [-0.3, -0.25) is 0 Å². The minimum absolute atomic E-state index is 0.0868. The molecule has 1 unspecified atom stereocenters. The smallest absolute Gasteiger partial charge is 0.277 e. The van der Waals surface area contributed by atoms with Gasteiger partial charge in [-0.15, -0.1) is 11.3 Å². The predicted molar refractivity (Wildman–Crippen MR) is 75.2 cm³/mol. The van der Waals surface area contributed by atoms with Crippen molar-refractivity contribution in [1.29, 1.82) is 0 Å². The number of aromatic nitrogens is 3. The second kappa shape index (κ2) is 5.23. The van der Waals surface area contributed by atoms with Gasteiger partial charge < -0.3 is 15.0 Å². The van der Waals surface area contributed by atoms with E-state index in [4.69, 9.17) is 15.0 Å². The molecule has 2 N–H and O–H groups in total. The summed E-state index contributed by atoms with van der Waals surface area (Å²) in [5, 5.41) is 6.85. The Morgan fingerprint density at radius 1 is 1.40 bits per heavy atom. The Balaban J connectivity index is 1.89. The summed E-state index contributed by atoms with van der Waals surface area (Å²) in [6, 6.07) is -0.0868. The Morgan fingerprint density at radius 3 is 2.75 bits per heavy atom. The van der Waals surface area contributed by atoms with Crippen LogP contribution in [0.3, 0.4) is 0 Å². The highest BCUT2D eigenvalue weighted by molar-refractivity contribution is 7.10. The summed E-state index contributed by atoms with van der Waals surface area (Å²) in [5.74, 6) is 1.06. The third-order valence-corrected chi connectivity index (χ3v) is 4.81. The molecule has 0 spiro atoms. The van der Waals surface area contributed by atoms with Gasteiger partial charge in [0.05, 0.1) is 6.04 Å². The zero-order valence-corrected chi connectivity index (χ0v) is 12.4. The molecule has 0 radical (unpaired) electrons. The number of rotatable bonds is 4. The molecule has 1 fully saturated rings. The van der Waals surface area contributed by atoms with E-state index in [2.05, 4.69) is 15.1 Å². The molecule has 2 aromatic heterocycles. The van der Waals surface area contributed by atoms with Crippen LogP contribution in [0.25, 0.3) is 11.6 Å². The van der Waals surface area contributed by atoms with Gasteiger partial charge in [0.15, 0.2) is 0 Å². The first-order chi connectivity index (χ1) is 9.64. The van der Waals surface area contributed by atoms with Crippen LogP contribution in [-0.4, -0.2) is 22.2 Å². The van der Waals surface area contributed by atoms with E-state index in [-0.39, 0.29) is 11.6 Å². The third kappa shape index (κ3) is 2.25. The monoisotopic (exact) mass is 294 g/mol. The zero-order chi connectivity index (χ0) is 14.2. The Bertz CT molecular complexity index is 587. The molecule has 6 nitrogen and oxygen atoms in total. The minimum Gasteiger partial charge on any atom is -0.370 e. The largest absolute Gasteiger partial charge is 0.370 e. The molecule has 1 aliphatic rings. The molecule has 1 saturated carbocycles. The maximum absolute atomic E-state index is 5.81. The zero-order valence-electron chi connectivity index (χ0n) is 11.6. The van der Waals surface area contributed by atoms with Crippen LogP contribution in [0.4, 0.5) is 0 Å². The second-order valence-electron chi connectivity index (χ2n) is 5.19. The van der Waals surface area contributed by atoms with Crippen LogP contribution in [0, 0.1) is 0 Å². The number of nitrogens with zero attached hydrogens (tertiary/aromatic N) is 3. The standard InChI is InChI=1S/C13H18N4O2S/c1-8(14)11-15-9(7-20-11)10-16-12(17-19-10)13(18-2)5-3-4-6-13/h7-8H,3-6,14H2,1-2H3. The lowest BCUT2D eigenvalue weighted by atomic mass is 10.0. The van der Waals surface area contributed by atoms with Gasteiger partial charge in [0.1, 0.15) is 16.3 Å². The fraction of sp³-hybridized carbons (Fsp3) is 0.615. The Labute approximate surface area is 121 Å². The highest BCUT2D eigenvalue weighted by atomic mass is 32.1. The first-order valence-corrected chi connectivity index (χ1v) is 7.63. The van der Waals surface area contributed by atoms with Crippen molar-refractivity contribution in [3.8, 4) is 11.6 Å². The molecule has 0 bridgehead atoms. The summed E-state index contributed by atoms with van der Waals surface area (Å²) in [4.78, 5) is 8.90. The molecular weight excluding hydrogens is 276 g/mol. The number of methoxy groups -OCH3 is 1. The van der Waals surface area contributed by atoms with Crippen LogP contribution in [0.1, 0.15) is 49.5 Å². The number of hydrogen-bond acceptors (Lipinski definition) is 7. The molecule has 20 heavy (non-hydrogen) atoms. The van der Waals surface area contributed by atoms with E-state index in [0.717, 1.165) is 30.7 Å². The van der Waals surface area contributed by atoms with Crippen molar-refractivity contribution in [2.75, 3.05) is 7.11 Å². The van der Waals surface area contributed by atoms with E-state index in [1.54, 1.807) is 7.11 Å². The SMILES string of the molecule is COC1(c2noc(-c3csc(C(C)N)n3)n2)CCCC1. The second-order valence-corrected chi connectivity index (χ2v) is 6.08. The van der Waals surface area contributed by atoms with E-state index in [9.17, 15) is 0 Å². The Hall–Kier alpha value is -1.31. The summed E-state index contributed by atoms with van der Waals surface area (Å²) in [5.41, 5.74) is 6.11. The summed E-state index contributed by atoms with van der Waals surface area (Å²) in [7, 11) is 1.71. The van der Waals surface area contributed by atoms with E-state index in [1.807, 2.05) is 12.3 Å². The molecule has 0 aliphatic heterocycles. The van der Waals surface area contributed by atoms with Crippen molar-refractivity contribution in [1.82, 2.24) is 15.1 Å². The molecular formula is C13H18N4O2S. The molecule has 0 saturated heterocycles. The van der Waals surface area contributed by atoms with Crippen LogP contribution in [-0.2, 0) is 10.3 Å². The van der Waals surface area contributed by atoms with Crippen molar-refractivity contribution in [2.45, 2.75) is 44.2 Å². The first-order valence-electron chi connectivity index (χ1n) is 6.75. The molecule has 1 atom stereocenters. The quantitative estimate of drug-likeness (QED) is 0.932. The van der Waals surface area contributed by atoms with Crippen LogP contribution in [0.15, 0.2) is 9.90 Å². The van der Waals surface area contributed by atoms with Crippen LogP contribution >= 0.6 is 11.3 Å². The minimum atomic E-state index is -0.387. The molecule has 1 aliphatic carbocycles. The summed E-state index contributed by atoms with van der Waals surface area (Å²) in [6.45, 7) is 1.90. The van der Waals surface area contributed by atoms with Gasteiger partial charge in [-0.05, 0) is 32.6 Å². The lowest BCUT2D eigenvalue weighted by Crippen LogP contribution is -2.25. The molecule has 7 heteroatoms. The average Bonchev–Trinajstić information content (AvgIpc) is 3.18. The van der Waals surface area contributed by atoms with Crippen molar-refractivity contribution < 1.29 is 9.26 Å². The van der Waals surface area contributed by atoms with E-state index in [1.165, 1.54) is 11.3 Å². The topological polar surface area (TPSA) is 87.1 Å². The number of hydrogen-bond donors (Lipinski definition) is 1. The van der Waals surface area contributed by atoms with E-state index < -0.39 is 0 Å². The van der Waals surface area contributed by atoms with Gasteiger partial charge in [0, 0.05) is 12.5 Å². The third-order valence-electron chi connectivity index (χ3n) is 3.77. The van der Waals surface area contributed by atoms with Crippen molar-refractivity contribution in [2.24, 2.45) is 5.73 Å². The van der Waals surface area contributed by atoms with Gasteiger partial charge in [0.25, 0.3) is 5.89 Å². The summed E-state index contributed by atoms with van der Waals surface area (Å²) in [6.07, 6.45) is 4.13. The van der Waals surface area contributed by atoms with Gasteiger partial charge in [0.2, 0.25) is 5.82 Å². The van der Waals surface area contributed by atoms with Crippen LogP contribution in [0.5, 0.6) is 0 Å². The summed E-state index contributed by atoms with van der Waals surface area (Å²) < 4.78 is 11.0. The maximum atomic E-state index is 5.81. The molecule has 3 rings (SSSR count). The molecule has 0 aromatic carbocycles. The molecule has 2 heterocycles. The number of nitrogens with two attached hydrogens (primary N) is 1. The van der Waals surface area contributed by atoms with Crippen molar-refractivity contribution in [3.05, 3.63) is 16.2 Å². The van der Waals surface area contributed by atoms with E-state index in [0.29, 0.717) is 17.4 Å². The van der Waals surface area contributed by atoms with Gasteiger partial charge in [-0.25, -0.2) is 4.98 Å². The molecule has 2 aromatic rings. The molecule has 108 valence electrons. The lowest BCUT2D eigenvalue weighted by Gasteiger charge is -2.22. The normalized spacial score (nSPS) is 19.4. The number of thiazole rings is 1. The van der Waals surface area contributed by atoms with Crippen molar-refractivity contribution >= 4 is 11.3 Å². The van der Waals surface area contributed by atoms with Crippen LogP contribution in [0.2, 0.25) is 0 Å². The Morgan fingerprint density at radius 2 is 2.15 bits per heavy atom. The average molecular weight is 294 g/mol. The summed E-state index contributed by atoms with van der Waals surface area (Å²) >= 11 is 1.50. The highest BCUT2D eigenvalue weighted by Gasteiger charge is 2.40. The maximum Gasteiger partial charge on any atom is 0.277 e. The predicted octanol–water partition coefficient (Wildman–Crippen LogP) is 2.63. The first kappa shape index (κ1) is 13.7. The van der Waals surface area contributed by atoms with Gasteiger partial charge >= 0.3 is 0 Å². The lowest BCUT2D eigenvalue weighted by molar-refractivity contribution is -0.0178.